The van der Waals surface area contributed by atoms with Crippen LogP contribution < -0.4 is 10.6 Å². The van der Waals surface area contributed by atoms with Crippen molar-refractivity contribution < 1.29 is 14.7 Å². The standard InChI is InChI=1S/C16H32N2O3/c1-4-9-14(15(19)20)12-18-16(21)17-11-8-6-5-7-10-13(2)3/h13-14H,4-12H2,1-3H3,(H,19,20)(H2,17,18,21). The van der Waals surface area contributed by atoms with Gasteiger partial charge in [-0.05, 0) is 18.8 Å². The Morgan fingerprint density at radius 1 is 1.00 bits per heavy atom. The fraction of sp³-hybridized carbons (Fsp3) is 0.875. The topological polar surface area (TPSA) is 78.4 Å². The highest BCUT2D eigenvalue weighted by Gasteiger charge is 2.16. The van der Waals surface area contributed by atoms with Gasteiger partial charge in [0.2, 0.25) is 0 Å². The third kappa shape index (κ3) is 12.2. The van der Waals surface area contributed by atoms with E-state index in [1.807, 2.05) is 6.92 Å². The Morgan fingerprint density at radius 2 is 1.67 bits per heavy atom. The van der Waals surface area contributed by atoms with Crippen LogP contribution in [0.15, 0.2) is 0 Å². The monoisotopic (exact) mass is 300 g/mol. The first-order chi connectivity index (χ1) is 9.97. The fourth-order valence-electron chi connectivity index (χ4n) is 2.17. The summed E-state index contributed by atoms with van der Waals surface area (Å²) in [5.41, 5.74) is 0. The molecule has 5 heteroatoms. The van der Waals surface area contributed by atoms with Gasteiger partial charge in [0, 0.05) is 13.1 Å². The van der Waals surface area contributed by atoms with E-state index >= 15 is 0 Å². The quantitative estimate of drug-likeness (QED) is 0.483. The summed E-state index contributed by atoms with van der Waals surface area (Å²) >= 11 is 0. The summed E-state index contributed by atoms with van der Waals surface area (Å²) in [5, 5.41) is 14.4. The minimum absolute atomic E-state index is 0.198. The Kier molecular flexibility index (Phi) is 11.7. The number of urea groups is 1. The molecular weight excluding hydrogens is 268 g/mol. The van der Waals surface area contributed by atoms with Crippen molar-refractivity contribution in [1.82, 2.24) is 10.6 Å². The Balaban J connectivity index is 3.55. The minimum atomic E-state index is -0.845. The van der Waals surface area contributed by atoms with E-state index in [-0.39, 0.29) is 12.6 Å². The Hall–Kier alpha value is -1.26. The van der Waals surface area contributed by atoms with Crippen LogP contribution >= 0.6 is 0 Å². The van der Waals surface area contributed by atoms with Crippen molar-refractivity contribution in [3.8, 4) is 0 Å². The Labute approximate surface area is 128 Å². The molecule has 0 spiro atoms. The highest BCUT2D eigenvalue weighted by atomic mass is 16.4. The van der Waals surface area contributed by atoms with Crippen LogP contribution in [0.2, 0.25) is 0 Å². The molecule has 21 heavy (non-hydrogen) atoms. The van der Waals surface area contributed by atoms with Crippen LogP contribution in [0.4, 0.5) is 4.79 Å². The summed E-state index contributed by atoms with van der Waals surface area (Å²) in [6.07, 6.45) is 7.22. The third-order valence-corrected chi connectivity index (χ3v) is 3.49. The van der Waals surface area contributed by atoms with Crippen LogP contribution in [0.25, 0.3) is 0 Å². The molecule has 124 valence electrons. The Morgan fingerprint density at radius 3 is 2.24 bits per heavy atom. The molecule has 0 saturated heterocycles. The van der Waals surface area contributed by atoms with Gasteiger partial charge in [-0.3, -0.25) is 4.79 Å². The van der Waals surface area contributed by atoms with Crippen LogP contribution in [0.1, 0.15) is 65.7 Å². The first kappa shape index (κ1) is 19.7. The van der Waals surface area contributed by atoms with Gasteiger partial charge in [0.1, 0.15) is 0 Å². The van der Waals surface area contributed by atoms with E-state index in [9.17, 15) is 9.59 Å². The first-order valence-corrected chi connectivity index (χ1v) is 8.21. The molecule has 3 N–H and O–H groups in total. The van der Waals surface area contributed by atoms with Gasteiger partial charge in [0.25, 0.3) is 0 Å². The molecule has 2 amide bonds. The van der Waals surface area contributed by atoms with E-state index in [2.05, 4.69) is 24.5 Å². The maximum Gasteiger partial charge on any atom is 0.314 e. The summed E-state index contributed by atoms with van der Waals surface area (Å²) in [4.78, 5) is 22.5. The number of hydrogen-bond donors (Lipinski definition) is 3. The second kappa shape index (κ2) is 12.5. The largest absolute Gasteiger partial charge is 0.481 e. The molecule has 0 radical (unpaired) electrons. The number of amides is 2. The van der Waals surface area contributed by atoms with Gasteiger partial charge in [-0.15, -0.1) is 0 Å². The molecule has 0 saturated carbocycles. The third-order valence-electron chi connectivity index (χ3n) is 3.49. The smallest absolute Gasteiger partial charge is 0.314 e. The molecule has 0 aliphatic heterocycles. The van der Waals surface area contributed by atoms with Crippen LogP contribution in [0.3, 0.4) is 0 Å². The van der Waals surface area contributed by atoms with Gasteiger partial charge in [-0.1, -0.05) is 52.9 Å². The van der Waals surface area contributed by atoms with Crippen molar-refractivity contribution >= 4 is 12.0 Å². The first-order valence-electron chi connectivity index (χ1n) is 8.21. The van der Waals surface area contributed by atoms with Crippen LogP contribution in [0, 0.1) is 11.8 Å². The van der Waals surface area contributed by atoms with E-state index < -0.39 is 11.9 Å². The van der Waals surface area contributed by atoms with Gasteiger partial charge in [0.05, 0.1) is 5.92 Å². The van der Waals surface area contributed by atoms with E-state index in [4.69, 9.17) is 5.11 Å². The van der Waals surface area contributed by atoms with Crippen LogP contribution in [-0.4, -0.2) is 30.2 Å². The average Bonchev–Trinajstić information content (AvgIpc) is 2.41. The number of carboxylic acids is 1. The zero-order valence-electron chi connectivity index (χ0n) is 13.8. The second-order valence-corrected chi connectivity index (χ2v) is 6.06. The number of aliphatic carboxylic acids is 1. The maximum absolute atomic E-state index is 11.5. The summed E-state index contributed by atoms with van der Waals surface area (Å²) in [6.45, 7) is 7.25. The van der Waals surface area contributed by atoms with Crippen molar-refractivity contribution in [2.75, 3.05) is 13.1 Å². The number of carbonyl (C=O) groups is 2. The molecule has 0 aromatic rings. The molecule has 0 aliphatic carbocycles. The van der Waals surface area contributed by atoms with Crippen molar-refractivity contribution in [2.24, 2.45) is 11.8 Å². The van der Waals surface area contributed by atoms with Gasteiger partial charge >= 0.3 is 12.0 Å². The molecule has 0 bridgehead atoms. The van der Waals surface area contributed by atoms with Crippen molar-refractivity contribution in [3.63, 3.8) is 0 Å². The molecule has 1 atom stereocenters. The molecule has 1 unspecified atom stereocenters. The zero-order valence-corrected chi connectivity index (χ0v) is 13.8. The lowest BCUT2D eigenvalue weighted by molar-refractivity contribution is -0.141. The van der Waals surface area contributed by atoms with Gasteiger partial charge in [-0.2, -0.15) is 0 Å². The molecule has 0 aromatic heterocycles. The SMILES string of the molecule is CCCC(CNC(=O)NCCCCCCC(C)C)C(=O)O. The minimum Gasteiger partial charge on any atom is -0.481 e. The molecule has 0 aliphatic rings. The van der Waals surface area contributed by atoms with E-state index in [0.717, 1.165) is 25.2 Å². The molecule has 0 aromatic carbocycles. The van der Waals surface area contributed by atoms with Crippen LogP contribution in [-0.2, 0) is 4.79 Å². The zero-order chi connectivity index (χ0) is 16.1. The van der Waals surface area contributed by atoms with Crippen molar-refractivity contribution in [1.29, 1.82) is 0 Å². The number of hydrogen-bond acceptors (Lipinski definition) is 2. The van der Waals surface area contributed by atoms with E-state index in [1.54, 1.807) is 0 Å². The maximum atomic E-state index is 11.5. The number of rotatable bonds is 12. The highest BCUT2D eigenvalue weighted by molar-refractivity contribution is 5.75. The lowest BCUT2D eigenvalue weighted by atomic mass is 10.0. The van der Waals surface area contributed by atoms with Crippen molar-refractivity contribution in [3.05, 3.63) is 0 Å². The number of carboxylic acid groups (broad SMARTS) is 1. The molecule has 0 heterocycles. The van der Waals surface area contributed by atoms with E-state index in [1.165, 1.54) is 19.3 Å². The van der Waals surface area contributed by atoms with Gasteiger partial charge in [-0.25, -0.2) is 4.79 Å². The predicted octanol–water partition coefficient (Wildman–Crippen LogP) is 3.39. The summed E-state index contributed by atoms with van der Waals surface area (Å²) in [5.74, 6) is -0.571. The normalized spacial score (nSPS) is 12.2. The number of carbonyl (C=O) groups excluding carboxylic acids is 1. The highest BCUT2D eigenvalue weighted by Crippen LogP contribution is 2.09. The molecular formula is C16H32N2O3. The molecule has 0 fully saturated rings. The lowest BCUT2D eigenvalue weighted by Gasteiger charge is -2.13. The second-order valence-electron chi connectivity index (χ2n) is 6.06. The Bertz CT molecular complexity index is 293. The average molecular weight is 300 g/mol. The molecule has 5 nitrogen and oxygen atoms in total. The van der Waals surface area contributed by atoms with Gasteiger partial charge in [0.15, 0.2) is 0 Å². The summed E-state index contributed by atoms with van der Waals surface area (Å²) in [7, 11) is 0. The molecule has 0 rings (SSSR count). The van der Waals surface area contributed by atoms with Crippen molar-refractivity contribution in [2.45, 2.75) is 65.7 Å². The van der Waals surface area contributed by atoms with Gasteiger partial charge < -0.3 is 15.7 Å². The summed E-state index contributed by atoms with van der Waals surface area (Å²) in [6, 6.07) is -0.264. The fourth-order valence-corrected chi connectivity index (χ4v) is 2.17. The number of unbranched alkanes of at least 4 members (excludes halogenated alkanes) is 3. The number of nitrogens with one attached hydrogen (secondary N) is 2. The predicted molar refractivity (Wildman–Crippen MR) is 85.4 cm³/mol. The summed E-state index contributed by atoms with van der Waals surface area (Å²) < 4.78 is 0. The van der Waals surface area contributed by atoms with Crippen LogP contribution in [0.5, 0.6) is 0 Å². The lowest BCUT2D eigenvalue weighted by Crippen LogP contribution is -2.40. The van der Waals surface area contributed by atoms with E-state index in [0.29, 0.717) is 13.0 Å².